The Morgan fingerprint density at radius 3 is 2.29 bits per heavy atom. The fourth-order valence-corrected chi connectivity index (χ4v) is 7.12. The third kappa shape index (κ3) is 11.2. The van der Waals surface area contributed by atoms with Crippen molar-refractivity contribution in [1.82, 2.24) is 10.2 Å². The Labute approximate surface area is 301 Å². The van der Waals surface area contributed by atoms with Gasteiger partial charge in [-0.2, -0.15) is 0 Å². The van der Waals surface area contributed by atoms with Crippen molar-refractivity contribution in [3.63, 3.8) is 0 Å². The first-order valence-corrected chi connectivity index (χ1v) is 18.0. The van der Waals surface area contributed by atoms with E-state index < -0.39 is 5.60 Å². The summed E-state index contributed by atoms with van der Waals surface area (Å²) in [6, 6.07) is 18.4. The summed E-state index contributed by atoms with van der Waals surface area (Å²) >= 11 is 12.6. The second-order valence-corrected chi connectivity index (χ2v) is 14.8. The van der Waals surface area contributed by atoms with E-state index in [0.717, 1.165) is 60.4 Å². The average molecular weight is 714 g/mol. The molecule has 2 N–H and O–H groups in total. The minimum Gasteiger partial charge on any atom is -0.491 e. The van der Waals surface area contributed by atoms with Gasteiger partial charge in [-0.05, 0) is 124 Å². The van der Waals surface area contributed by atoms with Gasteiger partial charge < -0.3 is 29.4 Å². The number of aryl methyl sites for hydroxylation is 2. The van der Waals surface area contributed by atoms with E-state index in [1.807, 2.05) is 43.3 Å². The molecule has 0 spiro atoms. The van der Waals surface area contributed by atoms with Crippen LogP contribution in [0.3, 0.4) is 0 Å². The molecule has 1 heterocycles. The minimum atomic E-state index is -0.950. The number of halogens is 2. The van der Waals surface area contributed by atoms with Crippen LogP contribution in [-0.2, 0) is 22.5 Å². The maximum Gasteiger partial charge on any atom is 0.225 e. The zero-order chi connectivity index (χ0) is 35.0. The van der Waals surface area contributed by atoms with Crippen LogP contribution >= 0.6 is 23.2 Å². The molecule has 1 amide bonds. The first-order valence-electron chi connectivity index (χ1n) is 17.3. The van der Waals surface area contributed by atoms with Crippen LogP contribution in [-0.4, -0.2) is 74.2 Å². The van der Waals surface area contributed by atoms with Crippen LogP contribution in [0.4, 0.5) is 0 Å². The summed E-state index contributed by atoms with van der Waals surface area (Å²) < 4.78 is 22.9. The van der Waals surface area contributed by atoms with Crippen molar-refractivity contribution in [2.24, 2.45) is 5.92 Å². The number of piperidine rings is 1. The summed E-state index contributed by atoms with van der Waals surface area (Å²) in [6.07, 6.45) is 5.05. The van der Waals surface area contributed by atoms with Crippen molar-refractivity contribution in [2.75, 3.05) is 46.6 Å². The second kappa shape index (κ2) is 17.3. The number of aliphatic hydroxyl groups is 1. The van der Waals surface area contributed by atoms with Crippen LogP contribution < -0.4 is 19.5 Å². The Hall–Kier alpha value is -3.01. The first kappa shape index (κ1) is 37.3. The number of rotatable bonds is 17. The molecule has 0 unspecified atom stereocenters. The molecule has 3 aromatic rings. The molecule has 1 aliphatic heterocycles. The monoisotopic (exact) mass is 712 g/mol. The fraction of sp³-hybridized carbons (Fsp3) is 0.513. The lowest BCUT2D eigenvalue weighted by molar-refractivity contribution is -0.127. The molecule has 1 saturated heterocycles. The van der Waals surface area contributed by atoms with Crippen LogP contribution in [0.2, 0.25) is 10.0 Å². The van der Waals surface area contributed by atoms with Crippen molar-refractivity contribution in [1.29, 1.82) is 0 Å². The summed E-state index contributed by atoms with van der Waals surface area (Å²) in [5, 5.41) is 14.4. The summed E-state index contributed by atoms with van der Waals surface area (Å²) in [6.45, 7) is 8.99. The van der Waals surface area contributed by atoms with Crippen molar-refractivity contribution in [3.8, 4) is 17.2 Å². The molecular weight excluding hydrogens is 663 g/mol. The van der Waals surface area contributed by atoms with Crippen molar-refractivity contribution >= 4 is 29.1 Å². The van der Waals surface area contributed by atoms with E-state index in [4.69, 9.17) is 42.1 Å². The number of methoxy groups -OCH3 is 1. The molecule has 0 radical (unpaired) electrons. The van der Waals surface area contributed by atoms with Crippen molar-refractivity contribution in [2.45, 2.75) is 77.0 Å². The topological polar surface area (TPSA) is 89.5 Å². The normalized spacial score (nSPS) is 18.3. The molecule has 0 bridgehead atoms. The second-order valence-electron chi connectivity index (χ2n) is 14.0. The Morgan fingerprint density at radius 1 is 0.918 bits per heavy atom. The van der Waals surface area contributed by atoms with E-state index in [1.54, 1.807) is 21.0 Å². The lowest BCUT2D eigenvalue weighted by atomic mass is 9.79. The number of benzene rings is 3. The number of ether oxygens (including phenoxy) is 4. The highest BCUT2D eigenvalue weighted by molar-refractivity contribution is 6.37. The summed E-state index contributed by atoms with van der Waals surface area (Å²) in [4.78, 5) is 16.4. The molecule has 1 saturated carbocycles. The summed E-state index contributed by atoms with van der Waals surface area (Å²) in [5.41, 5.74) is 3.24. The van der Waals surface area contributed by atoms with Crippen LogP contribution in [0.15, 0.2) is 54.6 Å². The zero-order valence-corrected chi connectivity index (χ0v) is 30.6. The number of hydrogen-bond acceptors (Lipinski definition) is 7. The molecule has 2 atom stereocenters. The van der Waals surface area contributed by atoms with Crippen LogP contribution in [0, 0.1) is 12.8 Å². The van der Waals surface area contributed by atoms with Crippen LogP contribution in [0.25, 0.3) is 0 Å². The summed E-state index contributed by atoms with van der Waals surface area (Å²) in [7, 11) is 1.70. The fourth-order valence-electron chi connectivity index (χ4n) is 6.41. The Kier molecular flexibility index (Phi) is 13.1. The van der Waals surface area contributed by atoms with Gasteiger partial charge in [0.15, 0.2) is 5.75 Å². The largest absolute Gasteiger partial charge is 0.491 e. The quantitative estimate of drug-likeness (QED) is 0.141. The Balaban J connectivity index is 1.21. The highest BCUT2D eigenvalue weighted by Gasteiger charge is 2.40. The molecule has 10 heteroatoms. The molecule has 49 heavy (non-hydrogen) atoms. The number of likely N-dealkylation sites (tertiary alicyclic amines) is 1. The number of carbonyl (C=O) groups is 1. The third-order valence-electron chi connectivity index (χ3n) is 8.99. The number of hydrogen-bond donors (Lipinski definition) is 2. The Bertz CT molecular complexity index is 1520. The highest BCUT2D eigenvalue weighted by atomic mass is 35.5. The van der Waals surface area contributed by atoms with Gasteiger partial charge in [-0.1, -0.05) is 41.4 Å². The molecule has 0 aromatic heterocycles. The highest BCUT2D eigenvalue weighted by Crippen LogP contribution is 2.39. The van der Waals surface area contributed by atoms with Gasteiger partial charge in [0.1, 0.15) is 31.3 Å². The van der Waals surface area contributed by atoms with Gasteiger partial charge >= 0.3 is 0 Å². The van der Waals surface area contributed by atoms with Gasteiger partial charge in [-0.25, -0.2) is 0 Å². The van der Waals surface area contributed by atoms with E-state index in [2.05, 4.69) is 28.4 Å². The van der Waals surface area contributed by atoms with Crippen LogP contribution in [0.1, 0.15) is 67.7 Å². The number of amides is 1. The summed E-state index contributed by atoms with van der Waals surface area (Å²) in [5.74, 6) is 1.87. The molecular formula is C39H50Cl2N2O6. The standard InChI is InChI=1S/C39H50Cl2N2O6/c1-26-18-35(40)37(36(41)19-26)48-17-16-47-31-11-7-29(8-12-31)33-13-14-43(30-9-10-30)24-34(33)38(44)42-23-28-20-27(6-5-15-46-4)21-32(22-28)49-25-39(2,3)45/h7-8,11-12,18-22,30,33-34,45H,5-6,9-10,13-17,23-25H2,1-4H3,(H,42,44)/t33-,34+/m1/s1. The lowest BCUT2D eigenvalue weighted by Gasteiger charge is -2.38. The minimum absolute atomic E-state index is 0.0602. The van der Waals surface area contributed by atoms with Gasteiger partial charge in [0, 0.05) is 32.8 Å². The SMILES string of the molecule is COCCCc1cc(CNC(=O)[C@H]2CN(C3CC3)CC[C@@H]2c2ccc(OCCOc3c(Cl)cc(C)cc3Cl)cc2)cc(OCC(C)(C)O)c1. The third-order valence-corrected chi connectivity index (χ3v) is 9.55. The maximum atomic E-state index is 13.9. The molecule has 5 rings (SSSR count). The van der Waals surface area contributed by atoms with Gasteiger partial charge in [0.25, 0.3) is 0 Å². The van der Waals surface area contributed by atoms with Crippen molar-refractivity contribution in [3.05, 3.63) is 86.9 Å². The van der Waals surface area contributed by atoms with Crippen molar-refractivity contribution < 1.29 is 28.8 Å². The van der Waals surface area contributed by atoms with Gasteiger partial charge in [-0.15, -0.1) is 0 Å². The molecule has 8 nitrogen and oxygen atoms in total. The molecule has 3 aromatic carbocycles. The van der Waals surface area contributed by atoms with E-state index in [9.17, 15) is 9.90 Å². The smallest absolute Gasteiger partial charge is 0.225 e. The molecule has 266 valence electrons. The van der Waals surface area contributed by atoms with Gasteiger partial charge in [-0.3, -0.25) is 9.69 Å². The lowest BCUT2D eigenvalue weighted by Crippen LogP contribution is -2.47. The molecule has 2 fully saturated rings. The van der Waals surface area contributed by atoms with Gasteiger partial charge in [0.05, 0.1) is 21.6 Å². The first-order chi connectivity index (χ1) is 23.5. The van der Waals surface area contributed by atoms with Crippen LogP contribution in [0.5, 0.6) is 17.2 Å². The average Bonchev–Trinajstić information content (AvgIpc) is 3.91. The van der Waals surface area contributed by atoms with Gasteiger partial charge in [0.2, 0.25) is 5.91 Å². The zero-order valence-electron chi connectivity index (χ0n) is 29.1. The maximum absolute atomic E-state index is 13.9. The van der Waals surface area contributed by atoms with E-state index in [-0.39, 0.29) is 24.3 Å². The van der Waals surface area contributed by atoms with E-state index in [1.165, 1.54) is 12.8 Å². The predicted molar refractivity (Wildman–Crippen MR) is 194 cm³/mol. The number of nitrogens with zero attached hydrogens (tertiary/aromatic N) is 1. The molecule has 2 aliphatic rings. The number of nitrogens with one attached hydrogen (secondary N) is 1. The predicted octanol–water partition coefficient (Wildman–Crippen LogP) is 7.37. The van der Waals surface area contributed by atoms with E-state index >= 15 is 0 Å². The van der Waals surface area contributed by atoms with E-state index in [0.29, 0.717) is 54.0 Å². The Morgan fingerprint density at radius 2 is 1.61 bits per heavy atom. The number of carbonyl (C=O) groups excluding carboxylic acids is 1. The molecule has 1 aliphatic carbocycles.